The average Bonchev–Trinajstić information content (AvgIpc) is 3.38. The molecule has 1 heterocycles. The molecule has 0 bridgehead atoms. The molecule has 1 N–H and O–H groups in total. The van der Waals surface area contributed by atoms with Crippen molar-refractivity contribution in [2.24, 2.45) is 11.8 Å². The minimum Gasteiger partial charge on any atom is -0.494 e. The fraction of sp³-hybridized carbons (Fsp3) is 0.611. The Kier molecular flexibility index (Phi) is 4.85. The normalized spacial score (nSPS) is 24.6. The molecule has 23 heavy (non-hydrogen) atoms. The van der Waals surface area contributed by atoms with Gasteiger partial charge in [-0.1, -0.05) is 13.0 Å². The second-order valence-electron chi connectivity index (χ2n) is 6.78. The number of hydrogen-bond donors (Lipinski definition) is 1. The van der Waals surface area contributed by atoms with Crippen LogP contribution in [0.2, 0.25) is 0 Å². The lowest BCUT2D eigenvalue weighted by Crippen LogP contribution is -2.50. The summed E-state index contributed by atoms with van der Waals surface area (Å²) in [5, 5.41) is 3.51. The lowest BCUT2D eigenvalue weighted by Gasteiger charge is -2.37. The lowest BCUT2D eigenvalue weighted by atomic mass is 9.93. The summed E-state index contributed by atoms with van der Waals surface area (Å²) in [6, 6.07) is 5.42. The predicted molar refractivity (Wildman–Crippen MR) is 86.7 cm³/mol. The second-order valence-corrected chi connectivity index (χ2v) is 6.78. The quantitative estimate of drug-likeness (QED) is 0.906. The highest BCUT2D eigenvalue weighted by Crippen LogP contribution is 2.32. The lowest BCUT2D eigenvalue weighted by molar-refractivity contribution is -0.134. The molecule has 1 amide bonds. The topological polar surface area (TPSA) is 41.6 Å². The molecular weight excluding hydrogens is 295 g/mol. The monoisotopic (exact) mass is 320 g/mol. The molecule has 1 aliphatic carbocycles. The summed E-state index contributed by atoms with van der Waals surface area (Å²) in [5.41, 5.74) is 0.909. The molecule has 0 unspecified atom stereocenters. The Morgan fingerprint density at radius 3 is 2.78 bits per heavy atom. The molecule has 0 spiro atoms. The number of carbonyl (C=O) groups excluding carboxylic acids is 1. The first-order valence-electron chi connectivity index (χ1n) is 8.43. The van der Waals surface area contributed by atoms with Gasteiger partial charge in [-0.3, -0.25) is 4.79 Å². The van der Waals surface area contributed by atoms with E-state index in [4.69, 9.17) is 4.74 Å². The fourth-order valence-electron chi connectivity index (χ4n) is 3.31. The van der Waals surface area contributed by atoms with Crippen LogP contribution in [0.15, 0.2) is 18.2 Å². The average molecular weight is 320 g/mol. The van der Waals surface area contributed by atoms with Gasteiger partial charge in [0.05, 0.1) is 7.11 Å². The van der Waals surface area contributed by atoms with Crippen LogP contribution in [0.5, 0.6) is 5.75 Å². The molecule has 1 aliphatic heterocycles. The molecule has 5 heteroatoms. The number of likely N-dealkylation sites (tertiary alicyclic amines) is 1. The molecule has 1 saturated heterocycles. The van der Waals surface area contributed by atoms with Gasteiger partial charge >= 0.3 is 0 Å². The second kappa shape index (κ2) is 6.87. The van der Waals surface area contributed by atoms with E-state index >= 15 is 0 Å². The van der Waals surface area contributed by atoms with Crippen molar-refractivity contribution in [1.29, 1.82) is 0 Å². The highest BCUT2D eigenvalue weighted by molar-refractivity contribution is 5.81. The van der Waals surface area contributed by atoms with Gasteiger partial charge in [0.15, 0.2) is 11.6 Å². The molecule has 2 atom stereocenters. The summed E-state index contributed by atoms with van der Waals surface area (Å²) in [6.45, 7) is 4.46. The molecule has 2 aliphatic rings. The third-order valence-electron chi connectivity index (χ3n) is 4.93. The number of rotatable bonds is 5. The van der Waals surface area contributed by atoms with Crippen molar-refractivity contribution in [1.82, 2.24) is 10.2 Å². The van der Waals surface area contributed by atoms with Gasteiger partial charge in [-0.2, -0.15) is 0 Å². The molecule has 1 aromatic carbocycles. The van der Waals surface area contributed by atoms with E-state index in [9.17, 15) is 9.18 Å². The van der Waals surface area contributed by atoms with E-state index in [1.54, 1.807) is 6.07 Å². The number of halogens is 1. The van der Waals surface area contributed by atoms with E-state index in [0.29, 0.717) is 30.3 Å². The summed E-state index contributed by atoms with van der Waals surface area (Å²) in [4.78, 5) is 14.2. The Hall–Kier alpha value is -1.62. The largest absolute Gasteiger partial charge is 0.494 e. The minimum absolute atomic E-state index is 0.272. The van der Waals surface area contributed by atoms with Crippen LogP contribution in [0.3, 0.4) is 0 Å². The van der Waals surface area contributed by atoms with E-state index in [1.807, 2.05) is 11.0 Å². The zero-order valence-corrected chi connectivity index (χ0v) is 13.8. The highest BCUT2D eigenvalue weighted by Gasteiger charge is 2.36. The summed E-state index contributed by atoms with van der Waals surface area (Å²) >= 11 is 0. The Balaban J connectivity index is 1.51. The third-order valence-corrected chi connectivity index (χ3v) is 4.93. The van der Waals surface area contributed by atoms with Crippen LogP contribution in [-0.4, -0.2) is 37.0 Å². The zero-order chi connectivity index (χ0) is 16.4. The van der Waals surface area contributed by atoms with Gasteiger partial charge in [0.2, 0.25) is 5.91 Å². The number of nitrogens with one attached hydrogen (secondary N) is 1. The number of carbonyl (C=O) groups is 1. The van der Waals surface area contributed by atoms with Crippen LogP contribution in [0.25, 0.3) is 0 Å². The molecule has 1 saturated carbocycles. The van der Waals surface area contributed by atoms with Crippen molar-refractivity contribution in [2.75, 3.05) is 20.2 Å². The van der Waals surface area contributed by atoms with Gasteiger partial charge in [-0.05, 0) is 42.9 Å². The van der Waals surface area contributed by atoms with Crippen molar-refractivity contribution in [2.45, 2.75) is 38.8 Å². The van der Waals surface area contributed by atoms with E-state index in [2.05, 4.69) is 12.2 Å². The minimum atomic E-state index is -0.329. The Bertz CT molecular complexity index is 574. The highest BCUT2D eigenvalue weighted by atomic mass is 19.1. The summed E-state index contributed by atoms with van der Waals surface area (Å²) in [6.07, 6.45) is 3.08. The number of piperidine rings is 1. The number of ether oxygens (including phenoxy) is 1. The van der Waals surface area contributed by atoms with E-state index in [-0.39, 0.29) is 11.6 Å². The Morgan fingerprint density at radius 2 is 2.17 bits per heavy atom. The summed E-state index contributed by atoms with van der Waals surface area (Å²) in [7, 11) is 1.47. The van der Waals surface area contributed by atoms with Crippen molar-refractivity contribution in [3.63, 3.8) is 0 Å². The number of hydrogen-bond acceptors (Lipinski definition) is 3. The smallest absolute Gasteiger partial charge is 0.225 e. The summed E-state index contributed by atoms with van der Waals surface area (Å²) < 4.78 is 18.7. The molecule has 2 fully saturated rings. The SMILES string of the molecule is COc1ccc(CN[C@@H]2CCN(C(=O)C3CC3)C[C@H]2C)cc1F. The zero-order valence-electron chi connectivity index (χ0n) is 13.8. The van der Waals surface area contributed by atoms with E-state index < -0.39 is 0 Å². The van der Waals surface area contributed by atoms with Crippen LogP contribution in [-0.2, 0) is 11.3 Å². The first-order valence-corrected chi connectivity index (χ1v) is 8.43. The fourth-order valence-corrected chi connectivity index (χ4v) is 3.31. The van der Waals surface area contributed by atoms with Gasteiger partial charge in [-0.25, -0.2) is 4.39 Å². The van der Waals surface area contributed by atoms with Crippen LogP contribution < -0.4 is 10.1 Å². The van der Waals surface area contributed by atoms with Gasteiger partial charge in [0.25, 0.3) is 0 Å². The standard InChI is InChI=1S/C18H25FN2O2/c1-12-11-21(18(22)14-4-5-14)8-7-16(12)20-10-13-3-6-17(23-2)15(19)9-13/h3,6,9,12,14,16,20H,4-5,7-8,10-11H2,1-2H3/t12-,16-/m1/s1. The maximum absolute atomic E-state index is 13.7. The van der Waals surface area contributed by atoms with Crippen LogP contribution in [0.1, 0.15) is 31.7 Å². The molecule has 0 aromatic heterocycles. The molecule has 1 aromatic rings. The molecule has 126 valence electrons. The summed E-state index contributed by atoms with van der Waals surface area (Å²) in [5.74, 6) is 0.995. The van der Waals surface area contributed by atoms with Crippen LogP contribution in [0, 0.1) is 17.7 Å². The maximum atomic E-state index is 13.7. The Labute approximate surface area is 137 Å². The molecule has 4 nitrogen and oxygen atoms in total. The Morgan fingerprint density at radius 1 is 1.39 bits per heavy atom. The van der Waals surface area contributed by atoms with Crippen LogP contribution >= 0.6 is 0 Å². The maximum Gasteiger partial charge on any atom is 0.225 e. The molecular formula is C18H25FN2O2. The van der Waals surface area contributed by atoms with Gasteiger partial charge in [0, 0.05) is 31.6 Å². The van der Waals surface area contributed by atoms with E-state index in [0.717, 1.165) is 37.9 Å². The van der Waals surface area contributed by atoms with Crippen molar-refractivity contribution in [3.05, 3.63) is 29.6 Å². The van der Waals surface area contributed by atoms with Gasteiger partial charge in [0.1, 0.15) is 0 Å². The van der Waals surface area contributed by atoms with Crippen LogP contribution in [0.4, 0.5) is 4.39 Å². The number of benzene rings is 1. The van der Waals surface area contributed by atoms with Gasteiger partial charge in [-0.15, -0.1) is 0 Å². The first kappa shape index (κ1) is 16.2. The van der Waals surface area contributed by atoms with Crippen molar-refractivity contribution < 1.29 is 13.9 Å². The van der Waals surface area contributed by atoms with Crippen molar-refractivity contribution >= 4 is 5.91 Å². The number of methoxy groups -OCH3 is 1. The first-order chi connectivity index (χ1) is 11.1. The van der Waals surface area contributed by atoms with E-state index in [1.165, 1.54) is 13.2 Å². The third kappa shape index (κ3) is 3.83. The molecule has 0 radical (unpaired) electrons. The number of nitrogens with zero attached hydrogens (tertiary/aromatic N) is 1. The predicted octanol–water partition coefficient (Wildman–Crippen LogP) is 2.57. The van der Waals surface area contributed by atoms with Crippen molar-refractivity contribution in [3.8, 4) is 5.75 Å². The van der Waals surface area contributed by atoms with Gasteiger partial charge < -0.3 is 15.0 Å². The number of amides is 1. The molecule has 3 rings (SSSR count).